The Morgan fingerprint density at radius 1 is 1.07 bits per heavy atom. The summed E-state index contributed by atoms with van der Waals surface area (Å²) in [7, 11) is 3.12. The normalized spacial score (nSPS) is 10.6. The maximum absolute atomic E-state index is 12.1. The van der Waals surface area contributed by atoms with Crippen LogP contribution in [0.2, 0.25) is 10.0 Å². The highest BCUT2D eigenvalue weighted by molar-refractivity contribution is 6.38. The summed E-state index contributed by atoms with van der Waals surface area (Å²) >= 11 is 12.2. The molecule has 2 aromatic carbocycles. The first kappa shape index (κ1) is 20.0. The van der Waals surface area contributed by atoms with Crippen molar-refractivity contribution < 1.29 is 19.0 Å². The van der Waals surface area contributed by atoms with Crippen molar-refractivity contribution in [1.29, 1.82) is 0 Å². The molecular weight excluding hydrogens is 405 g/mol. The van der Waals surface area contributed by atoms with Crippen LogP contribution in [0.25, 0.3) is 10.9 Å². The van der Waals surface area contributed by atoms with Crippen molar-refractivity contribution in [3.8, 4) is 17.4 Å². The van der Waals surface area contributed by atoms with Crippen LogP contribution in [-0.4, -0.2) is 36.7 Å². The van der Waals surface area contributed by atoms with Crippen LogP contribution in [0.1, 0.15) is 5.56 Å². The zero-order chi connectivity index (χ0) is 20.1. The van der Waals surface area contributed by atoms with E-state index in [-0.39, 0.29) is 18.4 Å². The van der Waals surface area contributed by atoms with E-state index in [2.05, 4.69) is 15.3 Å². The Balaban J connectivity index is 1.63. The van der Waals surface area contributed by atoms with Crippen LogP contribution in [0, 0.1) is 0 Å². The Morgan fingerprint density at radius 3 is 2.61 bits per heavy atom. The number of nitrogens with one attached hydrogen (secondary N) is 1. The molecule has 0 bridgehead atoms. The van der Waals surface area contributed by atoms with E-state index in [1.165, 1.54) is 6.33 Å². The van der Waals surface area contributed by atoms with E-state index < -0.39 is 0 Å². The Morgan fingerprint density at radius 2 is 1.86 bits per heavy atom. The Bertz CT molecular complexity index is 1010. The third-order valence-corrected chi connectivity index (χ3v) is 4.40. The van der Waals surface area contributed by atoms with Crippen LogP contribution in [0.5, 0.6) is 17.4 Å². The molecular formula is C19H17Cl2N3O4. The zero-order valence-corrected chi connectivity index (χ0v) is 16.7. The lowest BCUT2D eigenvalue weighted by Crippen LogP contribution is -2.28. The first-order chi connectivity index (χ1) is 13.5. The molecule has 3 aromatic rings. The molecule has 0 radical (unpaired) electrons. The van der Waals surface area contributed by atoms with Crippen molar-refractivity contribution in [2.45, 2.75) is 6.54 Å². The van der Waals surface area contributed by atoms with Crippen molar-refractivity contribution in [3.63, 3.8) is 0 Å². The number of benzene rings is 2. The highest BCUT2D eigenvalue weighted by atomic mass is 35.5. The predicted molar refractivity (Wildman–Crippen MR) is 106 cm³/mol. The minimum absolute atomic E-state index is 0.219. The van der Waals surface area contributed by atoms with Gasteiger partial charge >= 0.3 is 0 Å². The lowest BCUT2D eigenvalue weighted by atomic mass is 10.2. The summed E-state index contributed by atoms with van der Waals surface area (Å²) in [4.78, 5) is 20.3. The molecule has 3 rings (SSSR count). The number of carbonyl (C=O) groups is 1. The van der Waals surface area contributed by atoms with Crippen LogP contribution in [0.3, 0.4) is 0 Å². The van der Waals surface area contributed by atoms with E-state index in [1.807, 2.05) is 6.07 Å². The van der Waals surface area contributed by atoms with Gasteiger partial charge in [-0.25, -0.2) is 9.97 Å². The molecule has 0 aliphatic carbocycles. The van der Waals surface area contributed by atoms with Gasteiger partial charge in [0.2, 0.25) is 5.88 Å². The van der Waals surface area contributed by atoms with Gasteiger partial charge in [0.1, 0.15) is 6.33 Å². The fourth-order valence-corrected chi connectivity index (χ4v) is 3.10. The lowest BCUT2D eigenvalue weighted by molar-refractivity contribution is -0.123. The Labute approximate surface area is 171 Å². The maximum Gasteiger partial charge on any atom is 0.258 e. The summed E-state index contributed by atoms with van der Waals surface area (Å²) in [6.07, 6.45) is 1.32. The second kappa shape index (κ2) is 8.95. The summed E-state index contributed by atoms with van der Waals surface area (Å²) < 4.78 is 16.0. The van der Waals surface area contributed by atoms with Gasteiger partial charge in [0.05, 0.1) is 30.1 Å². The van der Waals surface area contributed by atoms with Gasteiger partial charge in [0.15, 0.2) is 18.1 Å². The van der Waals surface area contributed by atoms with Gasteiger partial charge in [-0.05, 0) is 29.8 Å². The van der Waals surface area contributed by atoms with Crippen molar-refractivity contribution in [3.05, 3.63) is 52.3 Å². The number of fused-ring (bicyclic) bond motifs is 1. The number of rotatable bonds is 7. The van der Waals surface area contributed by atoms with Gasteiger partial charge in [0.25, 0.3) is 5.91 Å². The van der Waals surface area contributed by atoms with E-state index in [0.29, 0.717) is 39.0 Å². The lowest BCUT2D eigenvalue weighted by Gasteiger charge is -2.11. The van der Waals surface area contributed by atoms with Crippen molar-refractivity contribution in [2.75, 3.05) is 20.8 Å². The summed E-state index contributed by atoms with van der Waals surface area (Å²) in [6, 6.07) is 8.63. The summed E-state index contributed by atoms with van der Waals surface area (Å²) in [5.41, 5.74) is 1.36. The summed E-state index contributed by atoms with van der Waals surface area (Å²) in [5, 5.41) is 4.12. The second-order valence-electron chi connectivity index (χ2n) is 5.72. The van der Waals surface area contributed by atoms with Crippen LogP contribution in [0.4, 0.5) is 0 Å². The number of halogens is 2. The Kier molecular flexibility index (Phi) is 6.38. The Hall–Kier alpha value is -2.77. The van der Waals surface area contributed by atoms with Crippen LogP contribution in [-0.2, 0) is 11.3 Å². The van der Waals surface area contributed by atoms with E-state index in [0.717, 1.165) is 5.56 Å². The molecule has 0 saturated heterocycles. The van der Waals surface area contributed by atoms with Crippen molar-refractivity contribution in [2.24, 2.45) is 0 Å². The molecule has 1 N–H and O–H groups in total. The number of hydrogen-bond acceptors (Lipinski definition) is 6. The standard InChI is InChI=1S/C19H17Cl2N3O4/c1-26-15-4-3-11(5-16(15)27-2)8-22-17(25)9-28-19-13-6-12(20)7-14(21)18(13)23-10-24-19/h3-7,10H,8-9H2,1-2H3,(H,22,25). The number of carbonyl (C=O) groups excluding carboxylic acids is 1. The number of ether oxygens (including phenoxy) is 3. The third kappa shape index (κ3) is 4.55. The topological polar surface area (TPSA) is 82.6 Å². The molecule has 0 unspecified atom stereocenters. The fourth-order valence-electron chi connectivity index (χ4n) is 2.56. The fraction of sp³-hybridized carbons (Fsp3) is 0.211. The molecule has 7 nitrogen and oxygen atoms in total. The molecule has 1 amide bonds. The van der Waals surface area contributed by atoms with E-state index in [9.17, 15) is 4.79 Å². The van der Waals surface area contributed by atoms with Crippen molar-refractivity contribution >= 4 is 40.0 Å². The van der Waals surface area contributed by atoms with E-state index >= 15 is 0 Å². The SMILES string of the molecule is COc1ccc(CNC(=O)COc2ncnc3c(Cl)cc(Cl)cc23)cc1OC. The van der Waals surface area contributed by atoms with Gasteiger partial charge in [-0.3, -0.25) is 4.79 Å². The van der Waals surface area contributed by atoms with Crippen LogP contribution >= 0.6 is 23.2 Å². The molecule has 0 atom stereocenters. The van der Waals surface area contributed by atoms with Gasteiger partial charge in [0, 0.05) is 11.6 Å². The molecule has 146 valence electrons. The molecule has 1 heterocycles. The van der Waals surface area contributed by atoms with Crippen LogP contribution < -0.4 is 19.5 Å². The number of nitrogens with zero attached hydrogens (tertiary/aromatic N) is 2. The molecule has 0 fully saturated rings. The quantitative estimate of drug-likeness (QED) is 0.626. The minimum Gasteiger partial charge on any atom is -0.493 e. The van der Waals surface area contributed by atoms with Gasteiger partial charge in [-0.2, -0.15) is 0 Å². The summed E-state index contributed by atoms with van der Waals surface area (Å²) in [6.45, 7) is 0.0915. The number of methoxy groups -OCH3 is 2. The van der Waals surface area contributed by atoms with E-state index in [1.54, 1.807) is 38.5 Å². The van der Waals surface area contributed by atoms with Gasteiger partial charge in [-0.1, -0.05) is 29.3 Å². The minimum atomic E-state index is -0.310. The first-order valence-corrected chi connectivity index (χ1v) is 8.97. The average molecular weight is 422 g/mol. The number of aromatic nitrogens is 2. The van der Waals surface area contributed by atoms with Gasteiger partial charge < -0.3 is 19.5 Å². The zero-order valence-electron chi connectivity index (χ0n) is 15.2. The smallest absolute Gasteiger partial charge is 0.258 e. The van der Waals surface area contributed by atoms with E-state index in [4.69, 9.17) is 37.4 Å². The molecule has 1 aromatic heterocycles. The van der Waals surface area contributed by atoms with Crippen molar-refractivity contribution in [1.82, 2.24) is 15.3 Å². The molecule has 0 aliphatic heterocycles. The van der Waals surface area contributed by atoms with Gasteiger partial charge in [-0.15, -0.1) is 0 Å². The molecule has 0 spiro atoms. The highest BCUT2D eigenvalue weighted by Gasteiger charge is 2.12. The molecule has 0 saturated carbocycles. The average Bonchev–Trinajstić information content (AvgIpc) is 2.70. The van der Waals surface area contributed by atoms with Crippen LogP contribution in [0.15, 0.2) is 36.7 Å². The monoisotopic (exact) mass is 421 g/mol. The molecule has 0 aliphatic rings. The predicted octanol–water partition coefficient (Wildman–Crippen LogP) is 3.65. The highest BCUT2D eigenvalue weighted by Crippen LogP contribution is 2.31. The number of amides is 1. The second-order valence-corrected chi connectivity index (χ2v) is 6.56. The number of hydrogen-bond donors (Lipinski definition) is 1. The molecule has 9 heteroatoms. The first-order valence-electron chi connectivity index (χ1n) is 8.22. The maximum atomic E-state index is 12.1. The third-order valence-electron chi connectivity index (χ3n) is 3.90. The largest absolute Gasteiger partial charge is 0.493 e. The molecule has 28 heavy (non-hydrogen) atoms. The summed E-state index contributed by atoms with van der Waals surface area (Å²) in [5.74, 6) is 1.13.